The number of sulfonamides is 1. The zero-order valence-electron chi connectivity index (χ0n) is 12.1. The van der Waals surface area contributed by atoms with E-state index in [0.717, 1.165) is 17.4 Å². The highest BCUT2D eigenvalue weighted by Gasteiger charge is 2.23. The van der Waals surface area contributed by atoms with Crippen molar-refractivity contribution in [1.82, 2.24) is 0 Å². The molecule has 0 aliphatic carbocycles. The van der Waals surface area contributed by atoms with Gasteiger partial charge in [-0.3, -0.25) is 14.8 Å². The normalized spacial score (nSPS) is 11.0. The monoisotopic (exact) mass is 356 g/mol. The highest BCUT2D eigenvalue weighted by Crippen LogP contribution is 2.28. The lowest BCUT2D eigenvalue weighted by atomic mass is 10.2. The highest BCUT2D eigenvalue weighted by molar-refractivity contribution is 7.93. The molecule has 0 amide bonds. The number of rotatable bonds is 5. The molecule has 1 heterocycles. The second kappa shape index (κ2) is 6.34. The highest BCUT2D eigenvalue weighted by atomic mass is 32.2. The summed E-state index contributed by atoms with van der Waals surface area (Å²) in [5.74, 6) is -0.682. The predicted octanol–water partition coefficient (Wildman–Crippen LogP) is 2.55. The molecule has 1 N–H and O–H groups in total. The lowest BCUT2D eigenvalue weighted by Gasteiger charge is -2.08. The molecule has 0 saturated heterocycles. The number of esters is 1. The molecule has 8 nitrogen and oxygen atoms in total. The van der Waals surface area contributed by atoms with E-state index in [1.165, 1.54) is 37.6 Å². The Kier molecular flexibility index (Phi) is 4.66. The van der Waals surface area contributed by atoms with Crippen LogP contribution in [0.25, 0.3) is 0 Å². The molecular weight excluding hydrogens is 344 g/mol. The van der Waals surface area contributed by atoms with E-state index < -0.39 is 20.9 Å². The number of hydrogen-bond donors (Lipinski definition) is 1. The Morgan fingerprint density at radius 2 is 2.04 bits per heavy atom. The van der Waals surface area contributed by atoms with Crippen LogP contribution < -0.4 is 4.72 Å². The molecule has 0 atom stereocenters. The summed E-state index contributed by atoms with van der Waals surface area (Å²) in [5.41, 5.74) is 0.121. The van der Waals surface area contributed by atoms with Crippen molar-refractivity contribution >= 4 is 38.0 Å². The summed E-state index contributed by atoms with van der Waals surface area (Å²) < 4.78 is 31.6. The Morgan fingerprint density at radius 3 is 2.65 bits per heavy atom. The first-order chi connectivity index (χ1) is 10.8. The molecule has 0 aliphatic rings. The quantitative estimate of drug-likeness (QED) is 0.500. The van der Waals surface area contributed by atoms with Crippen LogP contribution in [0.1, 0.15) is 15.9 Å². The number of thiophene rings is 1. The summed E-state index contributed by atoms with van der Waals surface area (Å²) in [7, 11) is -2.89. The van der Waals surface area contributed by atoms with Crippen molar-refractivity contribution in [2.75, 3.05) is 11.8 Å². The smallest absolute Gasteiger partial charge is 0.340 e. The van der Waals surface area contributed by atoms with Gasteiger partial charge in [0.25, 0.3) is 15.7 Å². The van der Waals surface area contributed by atoms with Gasteiger partial charge in [0.15, 0.2) is 0 Å². The Hall–Kier alpha value is -2.46. The van der Waals surface area contributed by atoms with Crippen molar-refractivity contribution in [3.8, 4) is 0 Å². The number of nitro groups is 1. The topological polar surface area (TPSA) is 116 Å². The molecule has 0 saturated carbocycles. The van der Waals surface area contributed by atoms with Crippen molar-refractivity contribution in [2.45, 2.75) is 11.8 Å². The van der Waals surface area contributed by atoms with Gasteiger partial charge in [-0.15, -0.1) is 11.3 Å². The van der Waals surface area contributed by atoms with Crippen LogP contribution in [0.3, 0.4) is 0 Å². The van der Waals surface area contributed by atoms with E-state index in [1.54, 1.807) is 0 Å². The molecule has 1 aromatic carbocycles. The van der Waals surface area contributed by atoms with Crippen molar-refractivity contribution in [2.24, 2.45) is 0 Å². The minimum absolute atomic E-state index is 0.0719. The number of ether oxygens (including phenoxy) is 1. The minimum Gasteiger partial charge on any atom is -0.465 e. The van der Waals surface area contributed by atoms with Gasteiger partial charge in [0.2, 0.25) is 0 Å². The number of nitro benzene ring substituents is 1. The van der Waals surface area contributed by atoms with E-state index in [1.807, 2.05) is 0 Å². The molecular formula is C13H12N2O6S2. The molecule has 122 valence electrons. The number of methoxy groups -OCH3 is 1. The summed E-state index contributed by atoms with van der Waals surface area (Å²) in [6, 6.07) is 5.01. The van der Waals surface area contributed by atoms with E-state index in [4.69, 9.17) is 0 Å². The van der Waals surface area contributed by atoms with Crippen LogP contribution in [0.5, 0.6) is 0 Å². The molecule has 0 fully saturated rings. The molecule has 2 aromatic rings. The molecule has 0 bridgehead atoms. The van der Waals surface area contributed by atoms with Gasteiger partial charge >= 0.3 is 5.97 Å². The third-order valence-corrected chi connectivity index (χ3v) is 5.29. The van der Waals surface area contributed by atoms with E-state index in [0.29, 0.717) is 5.56 Å². The first-order valence-electron chi connectivity index (χ1n) is 6.20. The van der Waals surface area contributed by atoms with Crippen LogP contribution in [0.15, 0.2) is 34.5 Å². The Bertz CT molecular complexity index is 872. The van der Waals surface area contributed by atoms with Gasteiger partial charge in [-0.2, -0.15) is 0 Å². The van der Waals surface area contributed by atoms with Crippen LogP contribution in [0.4, 0.5) is 10.7 Å². The minimum atomic E-state index is -4.07. The van der Waals surface area contributed by atoms with E-state index in [2.05, 4.69) is 9.46 Å². The maximum atomic E-state index is 12.4. The van der Waals surface area contributed by atoms with E-state index in [9.17, 15) is 23.3 Å². The largest absolute Gasteiger partial charge is 0.465 e. The molecule has 0 spiro atoms. The summed E-state index contributed by atoms with van der Waals surface area (Å²) >= 11 is 1.00. The van der Waals surface area contributed by atoms with Crippen molar-refractivity contribution in [1.29, 1.82) is 0 Å². The van der Waals surface area contributed by atoms with Crippen LogP contribution in [-0.4, -0.2) is 26.4 Å². The van der Waals surface area contributed by atoms with Crippen LogP contribution >= 0.6 is 11.3 Å². The van der Waals surface area contributed by atoms with Crippen molar-refractivity contribution in [3.05, 3.63) is 50.9 Å². The molecule has 2 rings (SSSR count). The summed E-state index contributed by atoms with van der Waals surface area (Å²) in [5, 5.41) is 12.5. The summed E-state index contributed by atoms with van der Waals surface area (Å²) in [6.45, 7) is 1.51. The lowest BCUT2D eigenvalue weighted by Crippen LogP contribution is -2.15. The average Bonchev–Trinajstić information content (AvgIpc) is 2.93. The van der Waals surface area contributed by atoms with Gasteiger partial charge in [-0.05, 0) is 24.4 Å². The van der Waals surface area contributed by atoms with E-state index >= 15 is 0 Å². The number of benzene rings is 1. The summed E-state index contributed by atoms with van der Waals surface area (Å²) in [4.78, 5) is 21.6. The number of carbonyl (C=O) groups is 1. The Balaban J connectivity index is 2.41. The first-order valence-corrected chi connectivity index (χ1v) is 8.56. The second-order valence-corrected chi connectivity index (χ2v) is 7.06. The Labute approximate surface area is 135 Å². The average molecular weight is 356 g/mol. The van der Waals surface area contributed by atoms with Crippen LogP contribution in [0.2, 0.25) is 0 Å². The van der Waals surface area contributed by atoms with Crippen molar-refractivity contribution in [3.63, 3.8) is 0 Å². The van der Waals surface area contributed by atoms with Gasteiger partial charge < -0.3 is 4.74 Å². The standard InChI is InChI=1S/C13H12N2O6S2/c1-8-3-4-9(7-11(8)15(17)18)23(19,20)14-12-10(5-6-22-12)13(16)21-2/h3-7,14H,1-2H3. The van der Waals surface area contributed by atoms with Crippen molar-refractivity contribution < 1.29 is 22.9 Å². The number of aryl methyl sites for hydroxylation is 1. The second-order valence-electron chi connectivity index (χ2n) is 4.47. The molecule has 1 aromatic heterocycles. The van der Waals surface area contributed by atoms with Crippen LogP contribution in [0, 0.1) is 17.0 Å². The molecule has 10 heteroatoms. The molecule has 0 aliphatic heterocycles. The fourth-order valence-corrected chi connectivity index (χ4v) is 3.92. The SMILES string of the molecule is COC(=O)c1ccsc1NS(=O)(=O)c1ccc(C)c([N+](=O)[O-])c1. The summed E-state index contributed by atoms with van der Waals surface area (Å²) in [6.07, 6.45) is 0. The van der Waals surface area contributed by atoms with E-state index in [-0.39, 0.29) is 21.1 Å². The zero-order chi connectivity index (χ0) is 17.2. The molecule has 23 heavy (non-hydrogen) atoms. The number of nitrogens with zero attached hydrogens (tertiary/aromatic N) is 1. The maximum absolute atomic E-state index is 12.4. The number of anilines is 1. The van der Waals surface area contributed by atoms with Gasteiger partial charge in [0, 0.05) is 11.6 Å². The molecule has 0 unspecified atom stereocenters. The third-order valence-electron chi connectivity index (χ3n) is 2.99. The Morgan fingerprint density at radius 1 is 1.35 bits per heavy atom. The number of hydrogen-bond acceptors (Lipinski definition) is 7. The molecule has 0 radical (unpaired) electrons. The van der Waals surface area contributed by atoms with Gasteiger partial charge in [0.05, 0.1) is 22.5 Å². The number of nitrogens with one attached hydrogen (secondary N) is 1. The fourth-order valence-electron chi connectivity index (χ4n) is 1.79. The third kappa shape index (κ3) is 3.48. The maximum Gasteiger partial charge on any atom is 0.340 e. The predicted molar refractivity (Wildman–Crippen MR) is 84.3 cm³/mol. The fraction of sp³-hybridized carbons (Fsp3) is 0.154. The number of carbonyl (C=O) groups excluding carboxylic acids is 1. The van der Waals surface area contributed by atoms with Gasteiger partial charge in [0.1, 0.15) is 5.00 Å². The first kappa shape index (κ1) is 16.9. The lowest BCUT2D eigenvalue weighted by molar-refractivity contribution is -0.385. The van der Waals surface area contributed by atoms with Gasteiger partial charge in [-0.1, -0.05) is 6.07 Å². The zero-order valence-corrected chi connectivity index (χ0v) is 13.7. The van der Waals surface area contributed by atoms with Gasteiger partial charge in [-0.25, -0.2) is 13.2 Å². The van der Waals surface area contributed by atoms with Crippen LogP contribution in [-0.2, 0) is 14.8 Å².